The van der Waals surface area contributed by atoms with Crippen LogP contribution in [0.2, 0.25) is 5.02 Å². The number of H-pyrrole nitrogens is 1. The lowest BCUT2D eigenvalue weighted by Crippen LogP contribution is -2.32. The third-order valence-electron chi connectivity index (χ3n) is 6.50. The average Bonchev–Trinajstić information content (AvgIpc) is 3.35. The number of aromatic nitrogens is 2. The minimum Gasteiger partial charge on any atom is -0.355 e. The predicted molar refractivity (Wildman–Crippen MR) is 148 cm³/mol. The van der Waals surface area contributed by atoms with Gasteiger partial charge in [-0.2, -0.15) is 0 Å². The van der Waals surface area contributed by atoms with Crippen LogP contribution in [0.1, 0.15) is 17.5 Å². The van der Waals surface area contributed by atoms with E-state index in [2.05, 4.69) is 38.4 Å². The minimum atomic E-state index is -2.92. The van der Waals surface area contributed by atoms with Gasteiger partial charge in [0.25, 0.3) is 0 Å². The maximum Gasteiger partial charge on any atom is 0.147 e. The Bertz CT molecular complexity index is 1470. The smallest absolute Gasteiger partial charge is 0.147 e. The van der Waals surface area contributed by atoms with E-state index in [-0.39, 0.29) is 5.75 Å². The predicted octanol–water partition coefficient (Wildman–Crippen LogP) is 5.93. The molecule has 4 aromatic rings. The molecule has 0 saturated heterocycles. The standard InChI is InChI=1S/C28H29ClN4O2S/c1-36(34,35)16-6-14-33-15-13-23-21(19-33)9-5-10-26(23)31-22-11-12-25(29)24(17-22)28-30-18-27(32-28)20-7-3-2-4-8-20/h2-5,7-12,17-18,31H,6,13-16,19H2,1H3,(H,30,32). The molecule has 6 nitrogen and oxygen atoms in total. The Morgan fingerprint density at radius 3 is 2.72 bits per heavy atom. The molecule has 0 radical (unpaired) electrons. The van der Waals surface area contributed by atoms with Crippen molar-refractivity contribution in [1.82, 2.24) is 14.9 Å². The number of nitrogens with zero attached hydrogens (tertiary/aromatic N) is 2. The first-order valence-corrected chi connectivity index (χ1v) is 14.5. The molecule has 2 N–H and O–H groups in total. The van der Waals surface area contributed by atoms with Crippen LogP contribution >= 0.6 is 11.6 Å². The molecule has 0 bridgehead atoms. The van der Waals surface area contributed by atoms with Crippen molar-refractivity contribution < 1.29 is 8.42 Å². The van der Waals surface area contributed by atoms with E-state index in [1.807, 2.05) is 54.7 Å². The molecule has 8 heteroatoms. The van der Waals surface area contributed by atoms with E-state index in [0.717, 1.165) is 60.1 Å². The number of rotatable bonds is 8. The second kappa shape index (κ2) is 10.5. The van der Waals surface area contributed by atoms with E-state index in [0.29, 0.717) is 11.4 Å². The summed E-state index contributed by atoms with van der Waals surface area (Å²) in [6.07, 6.45) is 4.71. The van der Waals surface area contributed by atoms with Gasteiger partial charge in [-0.15, -0.1) is 0 Å². The summed E-state index contributed by atoms with van der Waals surface area (Å²) in [5.41, 5.74) is 7.46. The molecule has 1 aliphatic rings. The molecule has 0 saturated carbocycles. The zero-order chi connectivity index (χ0) is 25.1. The van der Waals surface area contributed by atoms with E-state index in [1.165, 1.54) is 17.4 Å². The molecular weight excluding hydrogens is 492 g/mol. The second-order valence-electron chi connectivity index (χ2n) is 9.28. The SMILES string of the molecule is CS(=O)(=O)CCCN1CCc2c(cccc2Nc2ccc(Cl)c(-c3ncc(-c4ccccc4)[nH]3)c2)C1. The van der Waals surface area contributed by atoms with Crippen molar-refractivity contribution in [3.8, 4) is 22.6 Å². The number of fused-ring (bicyclic) bond motifs is 1. The fourth-order valence-corrected chi connectivity index (χ4v) is 5.55. The molecule has 2 heterocycles. The molecule has 0 atom stereocenters. The van der Waals surface area contributed by atoms with E-state index in [9.17, 15) is 8.42 Å². The number of aromatic amines is 1. The van der Waals surface area contributed by atoms with Crippen LogP contribution in [-0.4, -0.2) is 48.4 Å². The van der Waals surface area contributed by atoms with Gasteiger partial charge in [0.05, 0.1) is 22.7 Å². The van der Waals surface area contributed by atoms with Crippen molar-refractivity contribution >= 4 is 32.8 Å². The Labute approximate surface area is 217 Å². The summed E-state index contributed by atoms with van der Waals surface area (Å²) in [6.45, 7) is 2.53. The molecule has 3 aromatic carbocycles. The lowest BCUT2D eigenvalue weighted by molar-refractivity contribution is 0.255. The Hall–Kier alpha value is -3.13. The Morgan fingerprint density at radius 1 is 1.08 bits per heavy atom. The number of hydrogen-bond donors (Lipinski definition) is 2. The van der Waals surface area contributed by atoms with Crippen LogP contribution in [0.4, 0.5) is 11.4 Å². The van der Waals surface area contributed by atoms with Gasteiger partial charge in [0.1, 0.15) is 15.7 Å². The third kappa shape index (κ3) is 5.81. The van der Waals surface area contributed by atoms with E-state index in [4.69, 9.17) is 11.6 Å². The molecule has 0 aliphatic carbocycles. The topological polar surface area (TPSA) is 78.1 Å². The van der Waals surface area contributed by atoms with Crippen molar-refractivity contribution in [3.63, 3.8) is 0 Å². The van der Waals surface area contributed by atoms with Gasteiger partial charge in [0, 0.05) is 36.3 Å². The van der Waals surface area contributed by atoms with Crippen LogP contribution in [0.5, 0.6) is 0 Å². The van der Waals surface area contributed by atoms with Crippen LogP contribution in [-0.2, 0) is 22.8 Å². The van der Waals surface area contributed by atoms with Crippen LogP contribution in [0, 0.1) is 0 Å². The van der Waals surface area contributed by atoms with Gasteiger partial charge in [-0.25, -0.2) is 13.4 Å². The van der Waals surface area contributed by atoms with E-state index in [1.54, 1.807) is 0 Å². The van der Waals surface area contributed by atoms with Crippen LogP contribution in [0.25, 0.3) is 22.6 Å². The number of imidazole rings is 1. The lowest BCUT2D eigenvalue weighted by Gasteiger charge is -2.30. The molecule has 0 fully saturated rings. The first-order chi connectivity index (χ1) is 17.4. The van der Waals surface area contributed by atoms with Crippen molar-refractivity contribution in [1.29, 1.82) is 0 Å². The Kier molecular flexibility index (Phi) is 7.14. The van der Waals surface area contributed by atoms with E-state index >= 15 is 0 Å². The summed E-state index contributed by atoms with van der Waals surface area (Å²) in [6, 6.07) is 22.3. The van der Waals surface area contributed by atoms with Crippen LogP contribution in [0.15, 0.2) is 72.9 Å². The highest BCUT2D eigenvalue weighted by Crippen LogP contribution is 2.33. The molecular formula is C28H29ClN4O2S. The Morgan fingerprint density at radius 2 is 1.92 bits per heavy atom. The summed E-state index contributed by atoms with van der Waals surface area (Å²) in [5.74, 6) is 0.960. The summed E-state index contributed by atoms with van der Waals surface area (Å²) in [5, 5.41) is 4.22. The maximum absolute atomic E-state index is 11.5. The lowest BCUT2D eigenvalue weighted by atomic mass is 9.97. The molecule has 0 amide bonds. The van der Waals surface area contributed by atoms with Crippen molar-refractivity contribution in [3.05, 3.63) is 89.1 Å². The highest BCUT2D eigenvalue weighted by atomic mass is 35.5. The second-order valence-corrected chi connectivity index (χ2v) is 12.0. The Balaban J connectivity index is 1.33. The number of nitrogens with one attached hydrogen (secondary N) is 2. The van der Waals surface area contributed by atoms with Crippen LogP contribution < -0.4 is 5.32 Å². The monoisotopic (exact) mass is 520 g/mol. The molecule has 1 aromatic heterocycles. The molecule has 0 unspecified atom stereocenters. The van der Waals surface area contributed by atoms with Gasteiger partial charge in [-0.3, -0.25) is 4.90 Å². The molecule has 1 aliphatic heterocycles. The third-order valence-corrected chi connectivity index (χ3v) is 7.86. The van der Waals surface area contributed by atoms with Gasteiger partial charge in [-0.1, -0.05) is 54.1 Å². The number of benzene rings is 3. The zero-order valence-corrected chi connectivity index (χ0v) is 21.7. The number of hydrogen-bond acceptors (Lipinski definition) is 5. The summed E-state index contributed by atoms with van der Waals surface area (Å²) < 4.78 is 22.9. The molecule has 186 valence electrons. The van der Waals surface area contributed by atoms with Gasteiger partial charge >= 0.3 is 0 Å². The van der Waals surface area contributed by atoms with Gasteiger partial charge < -0.3 is 10.3 Å². The van der Waals surface area contributed by atoms with Gasteiger partial charge in [-0.05, 0) is 60.3 Å². The van der Waals surface area contributed by atoms with Gasteiger partial charge in [0.2, 0.25) is 0 Å². The fourth-order valence-electron chi connectivity index (χ4n) is 4.69. The number of halogens is 1. The molecule has 5 rings (SSSR count). The quantitative estimate of drug-likeness (QED) is 0.301. The summed E-state index contributed by atoms with van der Waals surface area (Å²) >= 11 is 6.56. The van der Waals surface area contributed by atoms with Crippen LogP contribution in [0.3, 0.4) is 0 Å². The maximum atomic E-state index is 11.5. The highest BCUT2D eigenvalue weighted by molar-refractivity contribution is 7.90. The zero-order valence-electron chi connectivity index (χ0n) is 20.2. The largest absolute Gasteiger partial charge is 0.355 e. The summed E-state index contributed by atoms with van der Waals surface area (Å²) in [7, 11) is -2.92. The fraction of sp³-hybridized carbons (Fsp3) is 0.250. The minimum absolute atomic E-state index is 0.235. The molecule has 36 heavy (non-hydrogen) atoms. The van der Waals surface area contributed by atoms with E-state index < -0.39 is 9.84 Å². The van der Waals surface area contributed by atoms with Crippen molar-refractivity contribution in [2.24, 2.45) is 0 Å². The number of sulfone groups is 1. The van der Waals surface area contributed by atoms with Gasteiger partial charge in [0.15, 0.2) is 0 Å². The first kappa shape index (κ1) is 24.6. The van der Waals surface area contributed by atoms with Crippen molar-refractivity contribution in [2.45, 2.75) is 19.4 Å². The first-order valence-electron chi connectivity index (χ1n) is 12.0. The number of anilines is 2. The average molecular weight is 521 g/mol. The van der Waals surface area contributed by atoms with Crippen molar-refractivity contribution in [2.75, 3.05) is 30.4 Å². The normalized spacial score (nSPS) is 13.9. The highest BCUT2D eigenvalue weighted by Gasteiger charge is 2.19. The summed E-state index contributed by atoms with van der Waals surface area (Å²) in [4.78, 5) is 10.3. The molecule has 0 spiro atoms.